The number of ether oxygens (including phenoxy) is 1. The molecule has 0 saturated heterocycles. The summed E-state index contributed by atoms with van der Waals surface area (Å²) >= 11 is 7.66. The number of fused-ring (bicyclic) bond motifs is 1. The average molecular weight is 409 g/mol. The fourth-order valence-electron chi connectivity index (χ4n) is 3.94. The van der Waals surface area contributed by atoms with Crippen molar-refractivity contribution in [3.05, 3.63) is 81.3 Å². The van der Waals surface area contributed by atoms with Crippen LogP contribution in [-0.2, 0) is 9.53 Å². The molecule has 2 aromatic carbocycles. The van der Waals surface area contributed by atoms with Gasteiger partial charge in [0.15, 0.2) is 11.7 Å². The molecule has 3 aromatic rings. The molecule has 5 rings (SSSR count). The van der Waals surface area contributed by atoms with E-state index >= 15 is 0 Å². The minimum atomic E-state index is -0.297. The van der Waals surface area contributed by atoms with Gasteiger partial charge in [0.05, 0.1) is 15.8 Å². The standard InChI is InChI=1S/C22H17ClN2O2S/c23-13-10-8-12(9-11-13)18-19-15(26)5-3-6-16(19)27-21(24)20(18)22-25-14-4-1-2-7-17(14)28-22/h1-2,4,7-11,18H,3,5-6,24H2. The Hall–Kier alpha value is -2.63. The molecule has 1 aliphatic heterocycles. The number of thiazole rings is 1. The normalized spacial score (nSPS) is 19.8. The zero-order valence-electron chi connectivity index (χ0n) is 14.9. The van der Waals surface area contributed by atoms with Gasteiger partial charge in [0, 0.05) is 29.4 Å². The van der Waals surface area contributed by atoms with Crippen LogP contribution in [0.3, 0.4) is 0 Å². The Morgan fingerprint density at radius 1 is 1.07 bits per heavy atom. The first-order chi connectivity index (χ1) is 13.6. The maximum atomic E-state index is 12.9. The highest BCUT2D eigenvalue weighted by atomic mass is 35.5. The number of carbonyl (C=O) groups excluding carboxylic acids is 1. The van der Waals surface area contributed by atoms with Gasteiger partial charge in [0.1, 0.15) is 10.8 Å². The molecule has 4 nitrogen and oxygen atoms in total. The number of benzene rings is 2. The lowest BCUT2D eigenvalue weighted by Gasteiger charge is -2.32. The van der Waals surface area contributed by atoms with Crippen LogP contribution >= 0.6 is 22.9 Å². The molecule has 0 saturated carbocycles. The maximum Gasteiger partial charge on any atom is 0.197 e. The van der Waals surface area contributed by atoms with Crippen LogP contribution in [0.15, 0.2) is 65.7 Å². The van der Waals surface area contributed by atoms with Gasteiger partial charge in [-0.1, -0.05) is 35.9 Å². The van der Waals surface area contributed by atoms with E-state index in [1.54, 1.807) is 11.3 Å². The first kappa shape index (κ1) is 17.5. The van der Waals surface area contributed by atoms with Crippen molar-refractivity contribution < 1.29 is 9.53 Å². The summed E-state index contributed by atoms with van der Waals surface area (Å²) in [5.41, 5.74) is 9.74. The lowest BCUT2D eigenvalue weighted by Crippen LogP contribution is -2.27. The number of Topliss-reactive ketones (excluding diaryl/α,β-unsaturated/α-hetero) is 1. The molecule has 2 heterocycles. The smallest absolute Gasteiger partial charge is 0.197 e. The van der Waals surface area contributed by atoms with Gasteiger partial charge in [-0.15, -0.1) is 11.3 Å². The lowest BCUT2D eigenvalue weighted by atomic mass is 9.77. The molecule has 0 fully saturated rings. The summed E-state index contributed by atoms with van der Waals surface area (Å²) in [5.74, 6) is 0.840. The van der Waals surface area contributed by atoms with Gasteiger partial charge in [-0.05, 0) is 36.2 Å². The van der Waals surface area contributed by atoms with E-state index in [1.807, 2.05) is 48.5 Å². The van der Waals surface area contributed by atoms with Crippen molar-refractivity contribution in [1.29, 1.82) is 0 Å². The van der Waals surface area contributed by atoms with Gasteiger partial charge in [-0.2, -0.15) is 0 Å². The van der Waals surface area contributed by atoms with Crippen LogP contribution in [0.4, 0.5) is 0 Å². The number of ketones is 1. The number of hydrogen-bond acceptors (Lipinski definition) is 5. The Morgan fingerprint density at radius 3 is 2.64 bits per heavy atom. The van der Waals surface area contributed by atoms with Gasteiger partial charge in [-0.3, -0.25) is 4.79 Å². The van der Waals surface area contributed by atoms with Crippen molar-refractivity contribution in [2.24, 2.45) is 5.73 Å². The number of allylic oxidation sites excluding steroid dienone is 3. The summed E-state index contributed by atoms with van der Waals surface area (Å²) in [6.07, 6.45) is 2.03. The summed E-state index contributed by atoms with van der Waals surface area (Å²) < 4.78 is 7.03. The van der Waals surface area contributed by atoms with Gasteiger partial charge < -0.3 is 10.5 Å². The van der Waals surface area contributed by atoms with Crippen molar-refractivity contribution in [2.75, 3.05) is 0 Å². The van der Waals surface area contributed by atoms with Gasteiger partial charge in [0.2, 0.25) is 0 Å². The van der Waals surface area contributed by atoms with Crippen LogP contribution in [0, 0.1) is 0 Å². The van der Waals surface area contributed by atoms with Crippen molar-refractivity contribution in [3.63, 3.8) is 0 Å². The molecule has 1 atom stereocenters. The predicted molar refractivity (Wildman–Crippen MR) is 112 cm³/mol. The van der Waals surface area contributed by atoms with E-state index in [-0.39, 0.29) is 11.7 Å². The number of rotatable bonds is 2. The first-order valence-corrected chi connectivity index (χ1v) is 10.4. The summed E-state index contributed by atoms with van der Waals surface area (Å²) in [6, 6.07) is 15.5. The minimum absolute atomic E-state index is 0.118. The van der Waals surface area contributed by atoms with Crippen molar-refractivity contribution >= 4 is 44.5 Å². The van der Waals surface area contributed by atoms with Gasteiger partial charge in [0.25, 0.3) is 0 Å². The second kappa shape index (κ2) is 6.76. The molecule has 1 unspecified atom stereocenters. The fourth-order valence-corrected chi connectivity index (χ4v) is 5.11. The average Bonchev–Trinajstić information content (AvgIpc) is 3.11. The third-order valence-corrected chi connectivity index (χ3v) is 6.53. The third kappa shape index (κ3) is 2.82. The monoisotopic (exact) mass is 408 g/mol. The second-order valence-corrected chi connectivity index (χ2v) is 8.43. The number of nitrogens with zero attached hydrogens (tertiary/aromatic N) is 1. The van der Waals surface area contributed by atoms with Crippen LogP contribution in [0.25, 0.3) is 15.8 Å². The highest BCUT2D eigenvalue weighted by molar-refractivity contribution is 7.19. The van der Waals surface area contributed by atoms with E-state index in [4.69, 9.17) is 27.1 Å². The highest BCUT2D eigenvalue weighted by Crippen LogP contribution is 2.48. The molecule has 2 N–H and O–H groups in total. The maximum absolute atomic E-state index is 12.9. The molecular formula is C22H17ClN2O2S. The first-order valence-electron chi connectivity index (χ1n) is 9.17. The number of hydrogen-bond donors (Lipinski definition) is 1. The summed E-state index contributed by atoms with van der Waals surface area (Å²) in [6.45, 7) is 0. The van der Waals surface area contributed by atoms with Crippen LogP contribution in [0.1, 0.15) is 35.8 Å². The lowest BCUT2D eigenvalue weighted by molar-refractivity contribution is -0.116. The molecule has 1 aromatic heterocycles. The number of halogens is 1. The quantitative estimate of drug-likeness (QED) is 0.616. The van der Waals surface area contributed by atoms with E-state index < -0.39 is 0 Å². The number of nitrogens with two attached hydrogens (primary N) is 1. The summed E-state index contributed by atoms with van der Waals surface area (Å²) in [7, 11) is 0. The SMILES string of the molecule is NC1=C(c2nc3ccccc3s2)C(c2ccc(Cl)cc2)C2=C(CCCC2=O)O1. The van der Waals surface area contributed by atoms with Crippen molar-refractivity contribution in [3.8, 4) is 0 Å². The molecule has 0 amide bonds. The van der Waals surface area contributed by atoms with E-state index in [0.29, 0.717) is 28.7 Å². The van der Waals surface area contributed by atoms with E-state index in [9.17, 15) is 4.79 Å². The Morgan fingerprint density at radius 2 is 1.86 bits per heavy atom. The van der Waals surface area contributed by atoms with E-state index in [0.717, 1.165) is 39.2 Å². The zero-order valence-corrected chi connectivity index (χ0v) is 16.5. The molecular weight excluding hydrogens is 392 g/mol. The molecule has 0 spiro atoms. The zero-order chi connectivity index (χ0) is 19.3. The van der Waals surface area contributed by atoms with Crippen LogP contribution in [-0.4, -0.2) is 10.8 Å². The summed E-state index contributed by atoms with van der Waals surface area (Å²) in [5, 5.41) is 1.43. The van der Waals surface area contributed by atoms with Gasteiger partial charge in [-0.25, -0.2) is 4.98 Å². The second-order valence-electron chi connectivity index (χ2n) is 6.96. The van der Waals surface area contributed by atoms with Crippen LogP contribution in [0.2, 0.25) is 5.02 Å². The molecule has 1 aliphatic carbocycles. The molecule has 0 radical (unpaired) electrons. The highest BCUT2D eigenvalue weighted by Gasteiger charge is 2.39. The van der Waals surface area contributed by atoms with Crippen LogP contribution in [0.5, 0.6) is 0 Å². The number of para-hydroxylation sites is 1. The Kier molecular flexibility index (Phi) is 4.22. The Balaban J connectivity index is 1.73. The number of aromatic nitrogens is 1. The molecule has 0 bridgehead atoms. The molecule has 2 aliphatic rings. The van der Waals surface area contributed by atoms with Crippen molar-refractivity contribution in [2.45, 2.75) is 25.2 Å². The van der Waals surface area contributed by atoms with Crippen LogP contribution < -0.4 is 5.73 Å². The fraction of sp³-hybridized carbons (Fsp3) is 0.182. The predicted octanol–water partition coefficient (Wildman–Crippen LogP) is 5.40. The topological polar surface area (TPSA) is 65.2 Å². The molecule has 28 heavy (non-hydrogen) atoms. The Labute approximate surface area is 171 Å². The third-order valence-electron chi connectivity index (χ3n) is 5.21. The molecule has 140 valence electrons. The van der Waals surface area contributed by atoms with Crippen molar-refractivity contribution in [1.82, 2.24) is 4.98 Å². The summed E-state index contributed by atoms with van der Waals surface area (Å²) in [4.78, 5) is 17.7. The largest absolute Gasteiger partial charge is 0.445 e. The molecule has 6 heteroatoms. The van der Waals surface area contributed by atoms with E-state index in [2.05, 4.69) is 0 Å². The minimum Gasteiger partial charge on any atom is -0.445 e. The number of carbonyl (C=O) groups is 1. The Bertz CT molecular complexity index is 1130. The van der Waals surface area contributed by atoms with Gasteiger partial charge >= 0.3 is 0 Å². The van der Waals surface area contributed by atoms with E-state index in [1.165, 1.54) is 0 Å².